The maximum absolute atomic E-state index is 12.3. The van der Waals surface area contributed by atoms with Gasteiger partial charge < -0.3 is 4.98 Å². The molecule has 6 heteroatoms. The summed E-state index contributed by atoms with van der Waals surface area (Å²) in [7, 11) is 0. The molecule has 4 heterocycles. The number of aromatic nitrogens is 3. The highest BCUT2D eigenvalue weighted by molar-refractivity contribution is 7.15. The fraction of sp³-hybridized carbons (Fsp3) is 0.105. The van der Waals surface area contributed by atoms with E-state index < -0.39 is 0 Å². The molecule has 0 fully saturated rings. The maximum Gasteiger partial charge on any atom is 0.191 e. The summed E-state index contributed by atoms with van der Waals surface area (Å²) in [5.74, 6) is 0. The van der Waals surface area contributed by atoms with E-state index in [-0.39, 0.29) is 5.43 Å². The molecule has 0 aromatic carbocycles. The molecular weight excluding hydrogens is 354 g/mol. The van der Waals surface area contributed by atoms with Crippen LogP contribution in [0.1, 0.15) is 10.6 Å². The maximum atomic E-state index is 12.3. The molecule has 25 heavy (non-hydrogen) atoms. The fourth-order valence-electron chi connectivity index (χ4n) is 2.85. The highest BCUT2D eigenvalue weighted by atomic mass is 35.5. The predicted molar refractivity (Wildman–Crippen MR) is 103 cm³/mol. The standard InChI is InChI=1S/C19H14ClN3OS/c1-10-7-12(8-17(20)22-10)13-9-14-15(24)5-6-21-19(14)23-18(13)16-4-3-11(2)25-16/h3-9H,1-2H3,(H,21,23,24). The van der Waals surface area contributed by atoms with E-state index in [2.05, 4.69) is 23.0 Å². The summed E-state index contributed by atoms with van der Waals surface area (Å²) in [6, 6.07) is 11.3. The first kappa shape index (κ1) is 16.0. The molecule has 0 atom stereocenters. The molecule has 4 rings (SSSR count). The van der Waals surface area contributed by atoms with E-state index in [1.54, 1.807) is 23.6 Å². The Morgan fingerprint density at radius 1 is 1.08 bits per heavy atom. The molecule has 0 aliphatic rings. The van der Waals surface area contributed by atoms with Crippen molar-refractivity contribution in [2.24, 2.45) is 0 Å². The van der Waals surface area contributed by atoms with Gasteiger partial charge in [-0.3, -0.25) is 4.79 Å². The van der Waals surface area contributed by atoms with Gasteiger partial charge in [0, 0.05) is 28.4 Å². The first-order valence-corrected chi connectivity index (χ1v) is 8.94. The summed E-state index contributed by atoms with van der Waals surface area (Å²) in [6.07, 6.45) is 1.62. The van der Waals surface area contributed by atoms with Gasteiger partial charge in [-0.15, -0.1) is 11.3 Å². The minimum atomic E-state index is -0.0618. The average Bonchev–Trinajstić information content (AvgIpc) is 2.99. The number of aromatic amines is 1. The lowest BCUT2D eigenvalue weighted by Crippen LogP contribution is -2.03. The summed E-state index contributed by atoms with van der Waals surface area (Å²) >= 11 is 7.82. The van der Waals surface area contributed by atoms with Gasteiger partial charge in [0.05, 0.1) is 16.0 Å². The second kappa shape index (κ2) is 6.10. The summed E-state index contributed by atoms with van der Waals surface area (Å²) in [4.78, 5) is 26.5. The van der Waals surface area contributed by atoms with E-state index in [9.17, 15) is 4.79 Å². The lowest BCUT2D eigenvalue weighted by molar-refractivity contribution is 1.20. The number of aryl methyl sites for hydroxylation is 2. The lowest BCUT2D eigenvalue weighted by Gasteiger charge is -2.10. The zero-order chi connectivity index (χ0) is 17.6. The second-order valence-electron chi connectivity index (χ2n) is 5.85. The topological polar surface area (TPSA) is 58.6 Å². The molecule has 0 unspecified atom stereocenters. The molecule has 4 aromatic rings. The van der Waals surface area contributed by atoms with E-state index in [0.29, 0.717) is 16.2 Å². The minimum absolute atomic E-state index is 0.0618. The van der Waals surface area contributed by atoms with Gasteiger partial charge in [0.1, 0.15) is 10.8 Å². The summed E-state index contributed by atoms with van der Waals surface area (Å²) < 4.78 is 0. The highest BCUT2D eigenvalue weighted by Gasteiger charge is 2.15. The van der Waals surface area contributed by atoms with Gasteiger partial charge in [0.2, 0.25) is 0 Å². The number of thiophene rings is 1. The summed E-state index contributed by atoms with van der Waals surface area (Å²) in [5, 5.41) is 0.977. The molecule has 0 saturated heterocycles. The molecule has 124 valence electrons. The molecule has 0 bridgehead atoms. The van der Waals surface area contributed by atoms with Crippen molar-refractivity contribution in [1.82, 2.24) is 15.0 Å². The van der Waals surface area contributed by atoms with Gasteiger partial charge in [-0.2, -0.15) is 0 Å². The normalized spacial score (nSPS) is 11.2. The van der Waals surface area contributed by atoms with Crippen molar-refractivity contribution in [3.05, 3.63) is 68.5 Å². The van der Waals surface area contributed by atoms with E-state index in [4.69, 9.17) is 16.6 Å². The van der Waals surface area contributed by atoms with Crippen molar-refractivity contribution in [3.63, 3.8) is 0 Å². The molecule has 0 radical (unpaired) electrons. The smallest absolute Gasteiger partial charge is 0.191 e. The van der Waals surface area contributed by atoms with Crippen molar-refractivity contribution in [1.29, 1.82) is 0 Å². The summed E-state index contributed by atoms with van der Waals surface area (Å²) in [5.41, 5.74) is 3.93. The molecule has 4 nitrogen and oxygen atoms in total. The van der Waals surface area contributed by atoms with Crippen LogP contribution in [0.15, 0.2) is 47.4 Å². The van der Waals surface area contributed by atoms with Crippen molar-refractivity contribution < 1.29 is 0 Å². The molecule has 0 aliphatic heterocycles. The van der Waals surface area contributed by atoms with E-state index in [1.807, 2.05) is 25.1 Å². The third kappa shape index (κ3) is 2.97. The Hall–Kier alpha value is -2.50. The third-order valence-electron chi connectivity index (χ3n) is 3.95. The van der Waals surface area contributed by atoms with Crippen LogP contribution in [0.25, 0.3) is 32.7 Å². The number of rotatable bonds is 2. The first-order valence-electron chi connectivity index (χ1n) is 7.75. The van der Waals surface area contributed by atoms with Crippen LogP contribution in [0.3, 0.4) is 0 Å². The van der Waals surface area contributed by atoms with Crippen molar-refractivity contribution in [2.45, 2.75) is 13.8 Å². The minimum Gasteiger partial charge on any atom is -0.346 e. The van der Waals surface area contributed by atoms with Gasteiger partial charge in [-0.05, 0) is 49.7 Å². The monoisotopic (exact) mass is 367 g/mol. The molecule has 0 aliphatic carbocycles. The molecule has 4 aromatic heterocycles. The van der Waals surface area contributed by atoms with Crippen LogP contribution in [0.4, 0.5) is 0 Å². The van der Waals surface area contributed by atoms with Gasteiger partial charge in [-0.25, -0.2) is 9.97 Å². The second-order valence-corrected chi connectivity index (χ2v) is 7.53. The molecule has 0 saturated carbocycles. The quantitative estimate of drug-likeness (QED) is 0.508. The number of hydrogen-bond acceptors (Lipinski definition) is 4. The highest BCUT2D eigenvalue weighted by Crippen LogP contribution is 2.36. The zero-order valence-electron chi connectivity index (χ0n) is 13.6. The van der Waals surface area contributed by atoms with Crippen LogP contribution in [0.2, 0.25) is 5.15 Å². The Balaban J connectivity index is 2.09. The van der Waals surface area contributed by atoms with Crippen molar-refractivity contribution >= 4 is 34.0 Å². The Bertz CT molecular complexity index is 1140. The van der Waals surface area contributed by atoms with Crippen molar-refractivity contribution in [3.8, 4) is 21.7 Å². The van der Waals surface area contributed by atoms with Crippen LogP contribution < -0.4 is 5.43 Å². The fourth-order valence-corrected chi connectivity index (χ4v) is 3.97. The van der Waals surface area contributed by atoms with Crippen LogP contribution in [-0.2, 0) is 0 Å². The van der Waals surface area contributed by atoms with Gasteiger partial charge >= 0.3 is 0 Å². The van der Waals surface area contributed by atoms with E-state index in [0.717, 1.165) is 27.4 Å². The SMILES string of the molecule is Cc1cc(-c2cc3c(=O)cc[nH]c3nc2-c2ccc(C)s2)cc(Cl)n1. The van der Waals surface area contributed by atoms with Gasteiger partial charge in [0.25, 0.3) is 0 Å². The van der Waals surface area contributed by atoms with Gasteiger partial charge in [-0.1, -0.05) is 11.6 Å². The number of hydrogen-bond donors (Lipinski definition) is 1. The molecule has 1 N–H and O–H groups in total. The Labute approximate surface area is 153 Å². The Morgan fingerprint density at radius 2 is 1.92 bits per heavy atom. The Kier molecular flexibility index (Phi) is 3.90. The Morgan fingerprint density at radius 3 is 2.64 bits per heavy atom. The predicted octanol–water partition coefficient (Wildman–Crippen LogP) is 4.98. The van der Waals surface area contributed by atoms with E-state index >= 15 is 0 Å². The van der Waals surface area contributed by atoms with Crippen LogP contribution in [0, 0.1) is 13.8 Å². The van der Waals surface area contributed by atoms with Crippen LogP contribution in [0.5, 0.6) is 0 Å². The number of nitrogens with zero attached hydrogens (tertiary/aromatic N) is 2. The number of halogens is 1. The van der Waals surface area contributed by atoms with Gasteiger partial charge in [0.15, 0.2) is 5.43 Å². The van der Waals surface area contributed by atoms with Crippen LogP contribution in [-0.4, -0.2) is 15.0 Å². The lowest BCUT2D eigenvalue weighted by atomic mass is 10.0. The largest absolute Gasteiger partial charge is 0.346 e. The number of H-pyrrole nitrogens is 1. The summed E-state index contributed by atoms with van der Waals surface area (Å²) in [6.45, 7) is 3.95. The third-order valence-corrected chi connectivity index (χ3v) is 5.15. The number of pyridine rings is 3. The molecule has 0 amide bonds. The van der Waals surface area contributed by atoms with Crippen molar-refractivity contribution in [2.75, 3.05) is 0 Å². The van der Waals surface area contributed by atoms with E-state index in [1.165, 1.54) is 10.9 Å². The molecule has 0 spiro atoms. The number of fused-ring (bicyclic) bond motifs is 1. The zero-order valence-corrected chi connectivity index (χ0v) is 15.2. The molecular formula is C19H14ClN3OS. The number of nitrogens with one attached hydrogen (secondary N) is 1. The average molecular weight is 368 g/mol. The first-order chi connectivity index (χ1) is 12.0. The van der Waals surface area contributed by atoms with Crippen LogP contribution >= 0.6 is 22.9 Å².